The molecular weight excluding hydrogens is 360 g/mol. The number of para-hydroxylation sites is 1. The molecule has 0 aromatic heterocycles. The zero-order valence-corrected chi connectivity index (χ0v) is 16.8. The molecule has 27 heavy (non-hydrogen) atoms. The van der Waals surface area contributed by atoms with Crippen LogP contribution in [0.25, 0.3) is 0 Å². The molecule has 0 aliphatic heterocycles. The molecule has 0 aliphatic rings. The molecule has 2 aromatic carbocycles. The molecule has 2 N–H and O–H groups in total. The predicted octanol–water partition coefficient (Wildman–Crippen LogP) is 3.28. The summed E-state index contributed by atoms with van der Waals surface area (Å²) in [5.74, 6) is 0.918. The van der Waals surface area contributed by atoms with Gasteiger partial charge in [0, 0.05) is 17.5 Å². The first-order valence-electron chi connectivity index (χ1n) is 8.92. The number of methoxy groups -OCH3 is 1. The fourth-order valence-electron chi connectivity index (χ4n) is 2.60. The first kappa shape index (κ1) is 20.8. The van der Waals surface area contributed by atoms with Crippen LogP contribution in [-0.2, 0) is 11.2 Å². The number of carbonyl (C=O) groups is 2. The fraction of sp³-hybridized carbons (Fsp3) is 0.333. The highest BCUT2D eigenvalue weighted by Crippen LogP contribution is 2.22. The van der Waals surface area contributed by atoms with Gasteiger partial charge in [-0.05, 0) is 44.0 Å². The number of benzene rings is 2. The number of thioether (sulfide) groups is 1. The van der Waals surface area contributed by atoms with E-state index in [4.69, 9.17) is 4.74 Å². The summed E-state index contributed by atoms with van der Waals surface area (Å²) in [6.07, 6.45) is 0.682. The molecule has 0 fully saturated rings. The zero-order chi connectivity index (χ0) is 19.6. The summed E-state index contributed by atoms with van der Waals surface area (Å²) in [6.45, 7) is 4.35. The second-order valence-electron chi connectivity index (χ2n) is 6.32. The fourth-order valence-corrected chi connectivity index (χ4v) is 3.46. The standard InChI is InChI=1S/C21H26N2O3S/c1-15(2)23-20(24)14-27-19-11-7-5-9-17(19)21(25)22-13-12-16-8-4-6-10-18(16)26-3/h4-11,15H,12-14H2,1-3H3,(H,22,25)(H,23,24). The van der Waals surface area contributed by atoms with Gasteiger partial charge in [-0.3, -0.25) is 9.59 Å². The smallest absolute Gasteiger partial charge is 0.252 e. The van der Waals surface area contributed by atoms with E-state index in [0.29, 0.717) is 18.5 Å². The van der Waals surface area contributed by atoms with Crippen LogP contribution in [0.2, 0.25) is 0 Å². The molecule has 0 radical (unpaired) electrons. The largest absolute Gasteiger partial charge is 0.496 e. The van der Waals surface area contributed by atoms with E-state index in [1.807, 2.05) is 56.3 Å². The minimum absolute atomic E-state index is 0.0404. The van der Waals surface area contributed by atoms with Crippen molar-refractivity contribution in [3.05, 3.63) is 59.7 Å². The average molecular weight is 387 g/mol. The van der Waals surface area contributed by atoms with E-state index < -0.39 is 0 Å². The maximum absolute atomic E-state index is 12.6. The van der Waals surface area contributed by atoms with Crippen molar-refractivity contribution in [3.8, 4) is 5.75 Å². The Kier molecular flexibility index (Phi) is 8.20. The SMILES string of the molecule is COc1ccccc1CCNC(=O)c1ccccc1SCC(=O)NC(C)C. The molecule has 2 aromatic rings. The first-order chi connectivity index (χ1) is 13.0. The molecule has 6 heteroatoms. The van der Waals surface area contributed by atoms with Crippen LogP contribution in [0.1, 0.15) is 29.8 Å². The van der Waals surface area contributed by atoms with Gasteiger partial charge >= 0.3 is 0 Å². The average Bonchev–Trinajstić information content (AvgIpc) is 2.66. The first-order valence-corrected chi connectivity index (χ1v) is 9.91. The molecule has 0 unspecified atom stereocenters. The second-order valence-corrected chi connectivity index (χ2v) is 7.34. The van der Waals surface area contributed by atoms with Gasteiger partial charge in [-0.15, -0.1) is 11.8 Å². The number of rotatable bonds is 9. The highest BCUT2D eigenvalue weighted by Gasteiger charge is 2.13. The number of amides is 2. The lowest BCUT2D eigenvalue weighted by molar-refractivity contribution is -0.119. The lowest BCUT2D eigenvalue weighted by atomic mass is 10.1. The van der Waals surface area contributed by atoms with Crippen LogP contribution < -0.4 is 15.4 Å². The molecular formula is C21H26N2O3S. The number of hydrogen-bond donors (Lipinski definition) is 2. The van der Waals surface area contributed by atoms with Gasteiger partial charge in [-0.2, -0.15) is 0 Å². The van der Waals surface area contributed by atoms with Gasteiger partial charge in [0.25, 0.3) is 5.91 Å². The third-order valence-electron chi connectivity index (χ3n) is 3.81. The van der Waals surface area contributed by atoms with Crippen LogP contribution in [0, 0.1) is 0 Å². The van der Waals surface area contributed by atoms with Crippen LogP contribution in [-0.4, -0.2) is 37.3 Å². The lowest BCUT2D eigenvalue weighted by Gasteiger charge is -2.12. The van der Waals surface area contributed by atoms with E-state index in [-0.39, 0.29) is 23.6 Å². The summed E-state index contributed by atoms with van der Waals surface area (Å²) >= 11 is 1.37. The Morgan fingerprint density at radius 2 is 1.78 bits per heavy atom. The third-order valence-corrected chi connectivity index (χ3v) is 4.89. The summed E-state index contributed by atoms with van der Waals surface area (Å²) in [5.41, 5.74) is 1.63. The van der Waals surface area contributed by atoms with Gasteiger partial charge in [0.1, 0.15) is 5.75 Å². The van der Waals surface area contributed by atoms with Gasteiger partial charge in [0.05, 0.1) is 18.4 Å². The van der Waals surface area contributed by atoms with Crippen LogP contribution in [0.5, 0.6) is 5.75 Å². The predicted molar refractivity (Wildman–Crippen MR) is 109 cm³/mol. The van der Waals surface area contributed by atoms with Crippen molar-refractivity contribution in [1.82, 2.24) is 10.6 Å². The van der Waals surface area contributed by atoms with Crippen LogP contribution >= 0.6 is 11.8 Å². The number of ether oxygens (including phenoxy) is 1. The van der Waals surface area contributed by atoms with Crippen molar-refractivity contribution in [2.24, 2.45) is 0 Å². The van der Waals surface area contributed by atoms with E-state index in [2.05, 4.69) is 10.6 Å². The van der Waals surface area contributed by atoms with Gasteiger partial charge in [0.15, 0.2) is 0 Å². The molecule has 0 atom stereocenters. The molecule has 0 spiro atoms. The highest BCUT2D eigenvalue weighted by atomic mass is 32.2. The topological polar surface area (TPSA) is 67.4 Å². The van der Waals surface area contributed by atoms with Crippen LogP contribution in [0.3, 0.4) is 0 Å². The summed E-state index contributed by atoms with van der Waals surface area (Å²) < 4.78 is 5.33. The maximum Gasteiger partial charge on any atom is 0.252 e. The number of hydrogen-bond acceptors (Lipinski definition) is 4. The van der Waals surface area contributed by atoms with Gasteiger partial charge in [0.2, 0.25) is 5.91 Å². The molecule has 0 saturated carbocycles. The Morgan fingerprint density at radius 3 is 2.52 bits per heavy atom. The van der Waals surface area contributed by atoms with Crippen molar-refractivity contribution in [1.29, 1.82) is 0 Å². The molecule has 2 rings (SSSR count). The Bertz CT molecular complexity index is 778. The molecule has 144 valence electrons. The maximum atomic E-state index is 12.6. The van der Waals surface area contributed by atoms with E-state index in [1.165, 1.54) is 11.8 Å². The summed E-state index contributed by atoms with van der Waals surface area (Å²) in [6, 6.07) is 15.2. The van der Waals surface area contributed by atoms with Crippen molar-refractivity contribution in [2.45, 2.75) is 31.2 Å². The van der Waals surface area contributed by atoms with E-state index in [1.54, 1.807) is 13.2 Å². The second kappa shape index (κ2) is 10.6. The minimum atomic E-state index is -0.141. The van der Waals surface area contributed by atoms with Crippen molar-refractivity contribution < 1.29 is 14.3 Å². The van der Waals surface area contributed by atoms with E-state index >= 15 is 0 Å². The van der Waals surface area contributed by atoms with E-state index in [0.717, 1.165) is 16.2 Å². The van der Waals surface area contributed by atoms with Crippen LogP contribution in [0.4, 0.5) is 0 Å². The van der Waals surface area contributed by atoms with Crippen molar-refractivity contribution in [2.75, 3.05) is 19.4 Å². The number of nitrogens with one attached hydrogen (secondary N) is 2. The normalized spacial score (nSPS) is 10.5. The quantitative estimate of drug-likeness (QED) is 0.649. The highest BCUT2D eigenvalue weighted by molar-refractivity contribution is 8.00. The van der Waals surface area contributed by atoms with Crippen molar-refractivity contribution in [3.63, 3.8) is 0 Å². The molecule has 0 aliphatic carbocycles. The summed E-state index contributed by atoms with van der Waals surface area (Å²) in [7, 11) is 1.64. The Labute approximate surface area is 164 Å². The van der Waals surface area contributed by atoms with Crippen molar-refractivity contribution >= 4 is 23.6 Å². The minimum Gasteiger partial charge on any atom is -0.496 e. The summed E-state index contributed by atoms with van der Waals surface area (Å²) in [5, 5.41) is 5.80. The Morgan fingerprint density at radius 1 is 1.07 bits per heavy atom. The molecule has 2 amide bonds. The monoisotopic (exact) mass is 386 g/mol. The molecule has 0 saturated heterocycles. The van der Waals surface area contributed by atoms with Gasteiger partial charge in [-0.25, -0.2) is 0 Å². The molecule has 5 nitrogen and oxygen atoms in total. The zero-order valence-electron chi connectivity index (χ0n) is 16.0. The molecule has 0 heterocycles. The Balaban J connectivity index is 1.93. The van der Waals surface area contributed by atoms with E-state index in [9.17, 15) is 9.59 Å². The van der Waals surface area contributed by atoms with Gasteiger partial charge < -0.3 is 15.4 Å². The Hall–Kier alpha value is -2.47. The third kappa shape index (κ3) is 6.64. The van der Waals surface area contributed by atoms with Crippen LogP contribution in [0.15, 0.2) is 53.4 Å². The lowest BCUT2D eigenvalue weighted by Crippen LogP contribution is -2.31. The molecule has 0 bridgehead atoms. The number of carbonyl (C=O) groups excluding carboxylic acids is 2. The summed E-state index contributed by atoms with van der Waals surface area (Å²) in [4.78, 5) is 25.2. The van der Waals surface area contributed by atoms with Gasteiger partial charge in [-0.1, -0.05) is 30.3 Å².